The highest BCUT2D eigenvalue weighted by molar-refractivity contribution is 6.00. The largest absolute Gasteiger partial charge is 0.385 e. The van der Waals surface area contributed by atoms with Gasteiger partial charge in [0.2, 0.25) is 11.8 Å². The summed E-state index contributed by atoms with van der Waals surface area (Å²) in [5.41, 5.74) is 2.57. The Bertz CT molecular complexity index is 753. The van der Waals surface area contributed by atoms with E-state index in [2.05, 4.69) is 16.0 Å². The van der Waals surface area contributed by atoms with Crippen molar-refractivity contribution in [1.82, 2.24) is 10.6 Å². The first-order chi connectivity index (χ1) is 14.6. The second-order valence-electron chi connectivity index (χ2n) is 10.4. The van der Waals surface area contributed by atoms with Crippen molar-refractivity contribution in [3.8, 4) is 0 Å². The molecule has 1 heterocycles. The SMILES string of the molecule is O=C1CCC(c2ccc(NCCCCNC34CC5CC(CC(C5)C3)C4)cc2)C(=O)N1. The van der Waals surface area contributed by atoms with Crippen LogP contribution in [0.2, 0.25) is 0 Å². The fourth-order valence-electron chi connectivity index (χ4n) is 7.01. The van der Waals surface area contributed by atoms with Gasteiger partial charge in [-0.3, -0.25) is 14.9 Å². The highest BCUT2D eigenvalue weighted by Gasteiger charge is 2.50. The zero-order valence-corrected chi connectivity index (χ0v) is 17.9. The number of hydrogen-bond acceptors (Lipinski definition) is 4. The van der Waals surface area contributed by atoms with Gasteiger partial charge >= 0.3 is 0 Å². The predicted octanol–water partition coefficient (Wildman–Crippen LogP) is 3.96. The molecule has 1 aromatic rings. The molecule has 0 spiro atoms. The van der Waals surface area contributed by atoms with Gasteiger partial charge < -0.3 is 10.6 Å². The van der Waals surface area contributed by atoms with Gasteiger partial charge in [-0.15, -0.1) is 0 Å². The standard InChI is InChI=1S/C25H35N3O2/c29-23-8-7-22(24(30)28-23)20-3-5-21(6-4-20)26-9-1-2-10-27-25-14-17-11-18(15-25)13-19(12-17)16-25/h3-6,17-19,22,26-27H,1-2,7-16H2,(H,28,29,30). The molecule has 4 bridgehead atoms. The Morgan fingerprint density at radius 3 is 2.17 bits per heavy atom. The molecule has 1 aliphatic heterocycles. The normalized spacial score (nSPS) is 34.8. The summed E-state index contributed by atoms with van der Waals surface area (Å²) in [5, 5.41) is 9.93. The lowest BCUT2D eigenvalue weighted by atomic mass is 9.53. The monoisotopic (exact) mass is 409 g/mol. The minimum atomic E-state index is -0.201. The van der Waals surface area contributed by atoms with Crippen molar-refractivity contribution in [2.24, 2.45) is 17.8 Å². The summed E-state index contributed by atoms with van der Waals surface area (Å²) in [7, 11) is 0. The van der Waals surface area contributed by atoms with Crippen LogP contribution in [0.25, 0.3) is 0 Å². The summed E-state index contributed by atoms with van der Waals surface area (Å²) in [6.45, 7) is 2.11. The summed E-state index contributed by atoms with van der Waals surface area (Å²) in [4.78, 5) is 23.3. The summed E-state index contributed by atoms with van der Waals surface area (Å²) in [5.74, 6) is 2.49. The minimum Gasteiger partial charge on any atom is -0.385 e. The molecule has 3 N–H and O–H groups in total. The van der Waals surface area contributed by atoms with E-state index in [4.69, 9.17) is 0 Å². The highest BCUT2D eigenvalue weighted by atomic mass is 16.2. The minimum absolute atomic E-state index is 0.160. The fourth-order valence-corrected chi connectivity index (χ4v) is 7.01. The second kappa shape index (κ2) is 8.33. The molecule has 0 radical (unpaired) electrons. The van der Waals surface area contributed by atoms with E-state index in [-0.39, 0.29) is 17.7 Å². The van der Waals surface area contributed by atoms with Crippen molar-refractivity contribution in [2.45, 2.75) is 75.7 Å². The maximum atomic E-state index is 12.0. The van der Waals surface area contributed by atoms with Crippen LogP contribution in [0.4, 0.5) is 5.69 Å². The van der Waals surface area contributed by atoms with Crippen molar-refractivity contribution in [2.75, 3.05) is 18.4 Å². The summed E-state index contributed by atoms with van der Waals surface area (Å²) >= 11 is 0. The van der Waals surface area contributed by atoms with Crippen molar-refractivity contribution in [1.29, 1.82) is 0 Å². The van der Waals surface area contributed by atoms with Crippen molar-refractivity contribution in [3.05, 3.63) is 29.8 Å². The molecule has 1 saturated heterocycles. The molecule has 1 aromatic carbocycles. The van der Waals surface area contributed by atoms with Crippen LogP contribution in [0.15, 0.2) is 24.3 Å². The average Bonchev–Trinajstić information content (AvgIpc) is 2.70. The lowest BCUT2D eigenvalue weighted by Gasteiger charge is -2.57. The van der Waals surface area contributed by atoms with Crippen molar-refractivity contribution >= 4 is 17.5 Å². The maximum absolute atomic E-state index is 12.0. The molecule has 4 aliphatic carbocycles. The molecule has 4 saturated carbocycles. The van der Waals surface area contributed by atoms with Crippen LogP contribution in [0, 0.1) is 17.8 Å². The fraction of sp³-hybridized carbons (Fsp3) is 0.680. The molecule has 1 atom stereocenters. The third-order valence-electron chi connectivity index (χ3n) is 8.02. The zero-order chi connectivity index (χ0) is 20.6. The molecular weight excluding hydrogens is 374 g/mol. The number of hydrogen-bond donors (Lipinski definition) is 3. The summed E-state index contributed by atoms with van der Waals surface area (Å²) in [6, 6.07) is 8.12. The number of amides is 2. The lowest BCUT2D eigenvalue weighted by Crippen LogP contribution is -2.58. The average molecular weight is 410 g/mol. The maximum Gasteiger partial charge on any atom is 0.234 e. The smallest absolute Gasteiger partial charge is 0.234 e. The van der Waals surface area contributed by atoms with Crippen LogP contribution >= 0.6 is 0 Å². The Balaban J connectivity index is 1.02. The van der Waals surface area contributed by atoms with Crippen LogP contribution in [-0.4, -0.2) is 30.4 Å². The van der Waals surface area contributed by atoms with E-state index in [0.29, 0.717) is 18.4 Å². The zero-order valence-electron chi connectivity index (χ0n) is 17.9. The first kappa shape index (κ1) is 20.0. The van der Waals surface area contributed by atoms with Gasteiger partial charge in [-0.1, -0.05) is 12.1 Å². The molecule has 2 amide bonds. The predicted molar refractivity (Wildman–Crippen MR) is 118 cm³/mol. The number of nitrogens with one attached hydrogen (secondary N) is 3. The Kier molecular flexibility index (Phi) is 5.57. The van der Waals surface area contributed by atoms with E-state index in [0.717, 1.165) is 48.5 Å². The van der Waals surface area contributed by atoms with E-state index in [9.17, 15) is 9.59 Å². The molecule has 162 valence electrons. The molecule has 5 aliphatic rings. The van der Waals surface area contributed by atoms with Gasteiger partial charge in [0.05, 0.1) is 5.92 Å². The van der Waals surface area contributed by atoms with Gasteiger partial charge in [-0.25, -0.2) is 0 Å². The molecule has 30 heavy (non-hydrogen) atoms. The summed E-state index contributed by atoms with van der Waals surface area (Å²) in [6.07, 6.45) is 12.2. The number of imide groups is 1. The third-order valence-corrected chi connectivity index (χ3v) is 8.02. The van der Waals surface area contributed by atoms with Gasteiger partial charge in [0, 0.05) is 24.2 Å². The molecule has 1 unspecified atom stereocenters. The third kappa shape index (κ3) is 4.27. The number of benzene rings is 1. The number of carbonyl (C=O) groups excluding carboxylic acids is 2. The van der Waals surface area contributed by atoms with Gasteiger partial charge in [0.1, 0.15) is 0 Å². The van der Waals surface area contributed by atoms with Crippen LogP contribution in [0.5, 0.6) is 0 Å². The van der Waals surface area contributed by atoms with E-state index < -0.39 is 0 Å². The summed E-state index contributed by atoms with van der Waals surface area (Å²) < 4.78 is 0. The van der Waals surface area contributed by atoms with Crippen LogP contribution in [0.3, 0.4) is 0 Å². The van der Waals surface area contributed by atoms with Crippen LogP contribution < -0.4 is 16.0 Å². The number of carbonyl (C=O) groups is 2. The quantitative estimate of drug-likeness (QED) is 0.449. The first-order valence-electron chi connectivity index (χ1n) is 12.0. The second-order valence-corrected chi connectivity index (χ2v) is 10.4. The van der Waals surface area contributed by atoms with Crippen molar-refractivity contribution < 1.29 is 9.59 Å². The highest BCUT2D eigenvalue weighted by Crippen LogP contribution is 2.55. The molecule has 6 rings (SSSR count). The van der Waals surface area contributed by atoms with Gasteiger partial charge in [0.15, 0.2) is 0 Å². The molecule has 5 heteroatoms. The first-order valence-corrected chi connectivity index (χ1v) is 12.0. The number of unbranched alkanes of at least 4 members (excludes halogenated alkanes) is 1. The molecule has 5 fully saturated rings. The topological polar surface area (TPSA) is 70.2 Å². The van der Waals surface area contributed by atoms with Crippen molar-refractivity contribution in [3.63, 3.8) is 0 Å². The van der Waals surface area contributed by atoms with Gasteiger partial charge in [-0.05, 0) is 99.8 Å². The van der Waals surface area contributed by atoms with Gasteiger partial charge in [0.25, 0.3) is 0 Å². The Hall–Kier alpha value is -1.88. The lowest BCUT2D eigenvalue weighted by molar-refractivity contribution is -0.134. The van der Waals surface area contributed by atoms with Gasteiger partial charge in [-0.2, -0.15) is 0 Å². The Morgan fingerprint density at radius 2 is 1.53 bits per heavy atom. The molecular formula is C25H35N3O2. The van der Waals surface area contributed by atoms with Crippen LogP contribution in [-0.2, 0) is 9.59 Å². The number of piperidine rings is 1. The van der Waals surface area contributed by atoms with E-state index in [1.54, 1.807) is 0 Å². The van der Waals surface area contributed by atoms with Crippen LogP contribution in [0.1, 0.15) is 75.7 Å². The number of rotatable bonds is 8. The Labute approximate surface area is 179 Å². The van der Waals surface area contributed by atoms with E-state index in [1.807, 2.05) is 24.3 Å². The molecule has 5 nitrogen and oxygen atoms in total. The Morgan fingerprint density at radius 1 is 0.900 bits per heavy atom. The number of anilines is 1. The van der Waals surface area contributed by atoms with E-state index in [1.165, 1.54) is 44.9 Å². The van der Waals surface area contributed by atoms with E-state index >= 15 is 0 Å². The molecule has 0 aromatic heterocycles.